The van der Waals surface area contributed by atoms with E-state index in [1.807, 2.05) is 35.1 Å². The highest BCUT2D eigenvalue weighted by atomic mass is 32.2. The smallest absolute Gasteiger partial charge is 0.267 e. The van der Waals surface area contributed by atoms with Crippen molar-refractivity contribution in [1.82, 2.24) is 4.72 Å². The number of carbonyl (C=O) groups excluding carboxylic acids is 1. The Hall–Kier alpha value is -2.38. The van der Waals surface area contributed by atoms with Crippen LogP contribution in [0.5, 0.6) is 0 Å². The van der Waals surface area contributed by atoms with Crippen molar-refractivity contribution in [1.29, 1.82) is 0 Å². The Morgan fingerprint density at radius 3 is 2.10 bits per heavy atom. The van der Waals surface area contributed by atoms with E-state index in [0.717, 1.165) is 11.1 Å². The van der Waals surface area contributed by atoms with E-state index in [1.54, 1.807) is 12.1 Å². The number of nitrogens with one attached hydrogen (secondary N) is 1. The first-order valence-corrected chi connectivity index (χ1v) is 7.52. The minimum absolute atomic E-state index is 0.0147. The standard InChI is InChI=1S/C14H12N2O4S/c17-14(16-18)10-15-21(19,20)13-8-6-12(7-9-13)11-4-2-1-3-5-11/h1-9,15H,10H2. The second-order valence-electron chi connectivity index (χ2n) is 4.20. The summed E-state index contributed by atoms with van der Waals surface area (Å²) in [5.41, 5.74) is 1.84. The third kappa shape index (κ3) is 3.80. The van der Waals surface area contributed by atoms with Crippen molar-refractivity contribution in [2.75, 3.05) is 6.54 Å². The summed E-state index contributed by atoms with van der Waals surface area (Å²) >= 11 is 0. The molecule has 2 aromatic rings. The Kier molecular flexibility index (Phi) is 4.56. The molecular formula is C14H12N2O4S. The van der Waals surface area contributed by atoms with E-state index in [4.69, 9.17) is 0 Å². The van der Waals surface area contributed by atoms with Crippen molar-refractivity contribution >= 4 is 15.9 Å². The van der Waals surface area contributed by atoms with Crippen LogP contribution in [0.3, 0.4) is 0 Å². The predicted octanol–water partition coefficient (Wildman–Crippen LogP) is 1.92. The van der Waals surface area contributed by atoms with Gasteiger partial charge in [0.2, 0.25) is 10.0 Å². The summed E-state index contributed by atoms with van der Waals surface area (Å²) in [6.07, 6.45) is 0. The zero-order chi connectivity index (χ0) is 15.3. The van der Waals surface area contributed by atoms with Gasteiger partial charge in [0.25, 0.3) is 0 Å². The number of nitrogens with zero attached hydrogens (tertiary/aromatic N) is 1. The number of rotatable bonds is 5. The highest BCUT2D eigenvalue weighted by molar-refractivity contribution is 7.89. The molecule has 2 aromatic carbocycles. The monoisotopic (exact) mass is 304 g/mol. The fraction of sp³-hybridized carbons (Fsp3) is 0.0714. The summed E-state index contributed by atoms with van der Waals surface area (Å²) in [5.74, 6) is -1.07. The normalized spacial score (nSPS) is 11.0. The molecule has 0 bridgehead atoms. The quantitative estimate of drug-likeness (QED) is 0.854. The zero-order valence-electron chi connectivity index (χ0n) is 10.9. The fourth-order valence-corrected chi connectivity index (χ4v) is 2.70. The average Bonchev–Trinajstić information content (AvgIpc) is 2.53. The highest BCUT2D eigenvalue weighted by Crippen LogP contribution is 2.20. The van der Waals surface area contributed by atoms with Crippen molar-refractivity contribution in [2.45, 2.75) is 4.90 Å². The summed E-state index contributed by atoms with van der Waals surface area (Å²) in [4.78, 5) is 20.7. The number of nitroso groups, excluding NO2 is 1. The molecule has 0 heterocycles. The maximum atomic E-state index is 11.9. The van der Waals surface area contributed by atoms with Crippen LogP contribution in [-0.2, 0) is 14.8 Å². The molecule has 1 N–H and O–H groups in total. The van der Waals surface area contributed by atoms with Crippen LogP contribution in [0.4, 0.5) is 0 Å². The van der Waals surface area contributed by atoms with Crippen LogP contribution in [0.2, 0.25) is 0 Å². The van der Waals surface area contributed by atoms with Gasteiger partial charge in [-0.05, 0) is 23.3 Å². The van der Waals surface area contributed by atoms with Crippen LogP contribution in [0.1, 0.15) is 0 Å². The van der Waals surface area contributed by atoms with Crippen LogP contribution in [0, 0.1) is 4.91 Å². The van der Waals surface area contributed by atoms with Crippen LogP contribution < -0.4 is 4.72 Å². The van der Waals surface area contributed by atoms with Gasteiger partial charge < -0.3 is 0 Å². The Bertz CT molecular complexity index is 740. The number of benzene rings is 2. The fourth-order valence-electron chi connectivity index (χ4n) is 1.73. The molecule has 0 spiro atoms. The molecule has 0 aromatic heterocycles. The Morgan fingerprint density at radius 1 is 0.952 bits per heavy atom. The van der Waals surface area contributed by atoms with Gasteiger partial charge in [-0.25, -0.2) is 13.1 Å². The third-order valence-corrected chi connectivity index (χ3v) is 4.20. The molecule has 0 aliphatic carbocycles. The van der Waals surface area contributed by atoms with Gasteiger partial charge in [-0.2, -0.15) is 0 Å². The summed E-state index contributed by atoms with van der Waals surface area (Å²) in [6.45, 7) is -0.647. The molecule has 0 unspecified atom stereocenters. The van der Waals surface area contributed by atoms with Crippen molar-refractivity contribution in [3.63, 3.8) is 0 Å². The molecule has 0 saturated heterocycles. The molecule has 108 valence electrons. The van der Waals surface area contributed by atoms with Crippen LogP contribution in [-0.4, -0.2) is 20.9 Å². The van der Waals surface area contributed by atoms with Gasteiger partial charge in [-0.15, -0.1) is 4.91 Å². The van der Waals surface area contributed by atoms with Gasteiger partial charge in [-0.3, -0.25) is 4.79 Å². The molecular weight excluding hydrogens is 292 g/mol. The van der Waals surface area contributed by atoms with Crippen LogP contribution in [0.15, 0.2) is 64.7 Å². The van der Waals surface area contributed by atoms with Crippen molar-refractivity contribution in [3.8, 4) is 11.1 Å². The maximum Gasteiger partial charge on any atom is 0.301 e. The van der Waals surface area contributed by atoms with Crippen molar-refractivity contribution < 1.29 is 13.2 Å². The van der Waals surface area contributed by atoms with E-state index in [-0.39, 0.29) is 4.90 Å². The van der Waals surface area contributed by atoms with E-state index in [2.05, 4.69) is 5.18 Å². The van der Waals surface area contributed by atoms with E-state index >= 15 is 0 Å². The lowest BCUT2D eigenvalue weighted by Gasteiger charge is -2.06. The lowest BCUT2D eigenvalue weighted by Crippen LogP contribution is -2.28. The molecule has 7 heteroatoms. The van der Waals surface area contributed by atoms with E-state index in [0.29, 0.717) is 0 Å². The van der Waals surface area contributed by atoms with Gasteiger partial charge in [0, 0.05) is 5.18 Å². The third-order valence-electron chi connectivity index (χ3n) is 2.79. The second-order valence-corrected chi connectivity index (χ2v) is 5.97. The Balaban J connectivity index is 2.18. The summed E-state index contributed by atoms with van der Waals surface area (Å²) in [7, 11) is -3.83. The summed E-state index contributed by atoms with van der Waals surface area (Å²) in [5, 5.41) is 2.12. The second kappa shape index (κ2) is 6.38. The van der Waals surface area contributed by atoms with Crippen LogP contribution in [0.25, 0.3) is 11.1 Å². The maximum absolute atomic E-state index is 11.9. The van der Waals surface area contributed by atoms with Gasteiger partial charge in [-0.1, -0.05) is 42.5 Å². The predicted molar refractivity (Wildman–Crippen MR) is 77.9 cm³/mol. The highest BCUT2D eigenvalue weighted by Gasteiger charge is 2.15. The van der Waals surface area contributed by atoms with Crippen molar-refractivity contribution in [2.24, 2.45) is 5.18 Å². The first-order valence-electron chi connectivity index (χ1n) is 6.04. The van der Waals surface area contributed by atoms with E-state index < -0.39 is 22.5 Å². The molecule has 0 atom stereocenters. The first kappa shape index (κ1) is 15.0. The number of hydrogen-bond acceptors (Lipinski definition) is 4. The van der Waals surface area contributed by atoms with Gasteiger partial charge in [0.15, 0.2) is 0 Å². The van der Waals surface area contributed by atoms with E-state index in [9.17, 15) is 18.1 Å². The Morgan fingerprint density at radius 2 is 1.52 bits per heavy atom. The summed E-state index contributed by atoms with van der Waals surface area (Å²) in [6, 6.07) is 15.7. The number of hydrogen-bond donors (Lipinski definition) is 1. The zero-order valence-corrected chi connectivity index (χ0v) is 11.7. The van der Waals surface area contributed by atoms with Gasteiger partial charge >= 0.3 is 5.91 Å². The molecule has 21 heavy (non-hydrogen) atoms. The minimum Gasteiger partial charge on any atom is -0.267 e. The van der Waals surface area contributed by atoms with Gasteiger partial charge in [0.05, 0.1) is 11.4 Å². The number of amides is 1. The lowest BCUT2D eigenvalue weighted by atomic mass is 10.1. The van der Waals surface area contributed by atoms with Crippen molar-refractivity contribution in [3.05, 3.63) is 59.5 Å². The summed E-state index contributed by atoms with van der Waals surface area (Å²) < 4.78 is 25.8. The minimum atomic E-state index is -3.83. The first-order chi connectivity index (χ1) is 10.0. The number of sulfonamides is 1. The largest absolute Gasteiger partial charge is 0.301 e. The molecule has 1 amide bonds. The Labute approximate surface area is 121 Å². The topological polar surface area (TPSA) is 92.7 Å². The molecule has 0 radical (unpaired) electrons. The SMILES string of the molecule is O=NC(=O)CNS(=O)(=O)c1ccc(-c2ccccc2)cc1. The van der Waals surface area contributed by atoms with Crippen LogP contribution >= 0.6 is 0 Å². The molecule has 0 aliphatic rings. The van der Waals surface area contributed by atoms with E-state index in [1.165, 1.54) is 12.1 Å². The molecule has 0 saturated carbocycles. The molecule has 0 aliphatic heterocycles. The average molecular weight is 304 g/mol. The number of carbonyl (C=O) groups is 1. The van der Waals surface area contributed by atoms with Gasteiger partial charge in [0.1, 0.15) is 0 Å². The lowest BCUT2D eigenvalue weighted by molar-refractivity contribution is -0.116. The molecule has 6 nitrogen and oxygen atoms in total. The molecule has 0 fully saturated rings. The molecule has 2 rings (SSSR count).